The fraction of sp³-hybridized carbons (Fsp3) is 0.154. The molecular formula is C13H11N3O. The van der Waals surface area contributed by atoms with Gasteiger partial charge in [-0.2, -0.15) is 0 Å². The van der Waals surface area contributed by atoms with E-state index in [9.17, 15) is 0 Å². The van der Waals surface area contributed by atoms with Gasteiger partial charge in [0.2, 0.25) is 12.3 Å². The second-order valence-corrected chi connectivity index (χ2v) is 4.08. The van der Waals surface area contributed by atoms with Crippen molar-refractivity contribution in [1.82, 2.24) is 15.2 Å². The lowest BCUT2D eigenvalue weighted by Gasteiger charge is -2.05. The molecule has 2 heterocycles. The summed E-state index contributed by atoms with van der Waals surface area (Å²) in [6, 6.07) is 8.11. The Kier molecular flexibility index (Phi) is 2.14. The van der Waals surface area contributed by atoms with Crippen molar-refractivity contribution in [2.45, 2.75) is 13.8 Å². The predicted molar refractivity (Wildman–Crippen MR) is 64.5 cm³/mol. The average molecular weight is 225 g/mol. The first kappa shape index (κ1) is 9.96. The zero-order chi connectivity index (χ0) is 11.8. The van der Waals surface area contributed by atoms with Gasteiger partial charge in [0.05, 0.1) is 5.52 Å². The summed E-state index contributed by atoms with van der Waals surface area (Å²) in [5, 5.41) is 8.72. The van der Waals surface area contributed by atoms with E-state index in [4.69, 9.17) is 4.42 Å². The molecule has 0 saturated heterocycles. The molecular weight excluding hydrogens is 214 g/mol. The van der Waals surface area contributed by atoms with Crippen LogP contribution in [0.2, 0.25) is 0 Å². The van der Waals surface area contributed by atoms with Crippen LogP contribution in [0.15, 0.2) is 35.1 Å². The first-order valence-corrected chi connectivity index (χ1v) is 5.38. The highest BCUT2D eigenvalue weighted by Gasteiger charge is 2.10. The molecule has 0 radical (unpaired) electrons. The van der Waals surface area contributed by atoms with Crippen LogP contribution in [0.4, 0.5) is 0 Å². The van der Waals surface area contributed by atoms with Crippen molar-refractivity contribution in [1.29, 1.82) is 0 Å². The Labute approximate surface area is 98.3 Å². The third-order valence-electron chi connectivity index (χ3n) is 2.68. The van der Waals surface area contributed by atoms with E-state index in [1.54, 1.807) is 0 Å². The largest absolute Gasteiger partial charge is 0.423 e. The Balaban J connectivity index is 2.39. The number of aryl methyl sites for hydroxylation is 2. The molecule has 0 fully saturated rings. The van der Waals surface area contributed by atoms with Crippen molar-refractivity contribution in [3.05, 3.63) is 41.9 Å². The number of rotatable bonds is 1. The van der Waals surface area contributed by atoms with Crippen LogP contribution in [-0.2, 0) is 0 Å². The smallest absolute Gasteiger partial charge is 0.248 e. The Morgan fingerprint density at radius 1 is 1.12 bits per heavy atom. The summed E-state index contributed by atoms with van der Waals surface area (Å²) in [6.07, 6.45) is 1.34. The van der Waals surface area contributed by atoms with Crippen LogP contribution in [0, 0.1) is 13.8 Å². The minimum Gasteiger partial charge on any atom is -0.423 e. The molecule has 0 unspecified atom stereocenters. The Hall–Kier alpha value is -2.23. The predicted octanol–water partition coefficient (Wildman–Crippen LogP) is 2.90. The highest BCUT2D eigenvalue weighted by atomic mass is 16.4. The minimum atomic E-state index is 0.533. The average Bonchev–Trinajstić information content (AvgIpc) is 2.82. The second-order valence-electron chi connectivity index (χ2n) is 4.08. The summed E-state index contributed by atoms with van der Waals surface area (Å²) in [5.41, 5.74) is 4.01. The lowest BCUT2D eigenvalue weighted by molar-refractivity contribution is 0.569. The number of pyridine rings is 1. The van der Waals surface area contributed by atoms with E-state index in [2.05, 4.69) is 28.2 Å². The van der Waals surface area contributed by atoms with E-state index in [1.165, 1.54) is 12.0 Å². The van der Waals surface area contributed by atoms with Crippen LogP contribution in [-0.4, -0.2) is 15.2 Å². The Morgan fingerprint density at radius 2 is 2.00 bits per heavy atom. The second kappa shape index (κ2) is 3.66. The molecule has 1 aromatic carbocycles. The van der Waals surface area contributed by atoms with Crippen LogP contribution in [0.1, 0.15) is 11.3 Å². The molecule has 0 N–H and O–H groups in total. The van der Waals surface area contributed by atoms with Crippen LogP contribution in [0.3, 0.4) is 0 Å². The third-order valence-corrected chi connectivity index (χ3v) is 2.68. The van der Waals surface area contributed by atoms with Crippen molar-refractivity contribution >= 4 is 10.9 Å². The van der Waals surface area contributed by atoms with Crippen molar-refractivity contribution < 1.29 is 4.42 Å². The molecule has 4 nitrogen and oxygen atoms in total. The van der Waals surface area contributed by atoms with Gasteiger partial charge < -0.3 is 4.42 Å². The molecule has 0 aliphatic rings. The van der Waals surface area contributed by atoms with Crippen LogP contribution >= 0.6 is 0 Å². The summed E-state index contributed by atoms with van der Waals surface area (Å²) in [4.78, 5) is 4.50. The summed E-state index contributed by atoms with van der Waals surface area (Å²) in [6.45, 7) is 4.01. The zero-order valence-corrected chi connectivity index (χ0v) is 9.64. The van der Waals surface area contributed by atoms with E-state index in [0.717, 1.165) is 22.2 Å². The zero-order valence-electron chi connectivity index (χ0n) is 9.64. The maximum absolute atomic E-state index is 5.27. The Bertz CT molecular complexity index is 674. The lowest BCUT2D eigenvalue weighted by atomic mass is 10.1. The highest BCUT2D eigenvalue weighted by molar-refractivity contribution is 5.92. The number of nitrogens with zero attached hydrogens (tertiary/aromatic N) is 3. The molecule has 3 rings (SSSR count). The summed E-state index contributed by atoms with van der Waals surface area (Å²) in [5.74, 6) is 0.533. The minimum absolute atomic E-state index is 0.533. The van der Waals surface area contributed by atoms with Crippen molar-refractivity contribution in [2.24, 2.45) is 0 Å². The maximum atomic E-state index is 5.27. The van der Waals surface area contributed by atoms with Crippen molar-refractivity contribution in [3.63, 3.8) is 0 Å². The molecule has 0 spiro atoms. The number of benzene rings is 1. The molecule has 0 atom stereocenters. The summed E-state index contributed by atoms with van der Waals surface area (Å²) >= 11 is 0. The van der Waals surface area contributed by atoms with Gasteiger partial charge in [0, 0.05) is 16.6 Å². The van der Waals surface area contributed by atoms with E-state index in [0.29, 0.717) is 5.89 Å². The SMILES string of the molecule is Cc1ccc2nc(C)cc(-c3nnco3)c2c1. The molecule has 84 valence electrons. The Morgan fingerprint density at radius 3 is 2.76 bits per heavy atom. The van der Waals surface area contributed by atoms with Gasteiger partial charge in [0.1, 0.15) is 0 Å². The number of aromatic nitrogens is 3. The normalized spacial score (nSPS) is 10.9. The number of fused-ring (bicyclic) bond motifs is 1. The molecule has 0 aliphatic carbocycles. The van der Waals surface area contributed by atoms with E-state index < -0.39 is 0 Å². The fourth-order valence-electron chi connectivity index (χ4n) is 1.94. The molecule has 17 heavy (non-hydrogen) atoms. The standard InChI is InChI=1S/C13H11N3O/c1-8-3-4-12-10(5-8)11(6-9(2)15-12)13-16-14-7-17-13/h3-7H,1-2H3. The summed E-state index contributed by atoms with van der Waals surface area (Å²) in [7, 11) is 0. The number of hydrogen-bond donors (Lipinski definition) is 0. The van der Waals surface area contributed by atoms with Gasteiger partial charge >= 0.3 is 0 Å². The van der Waals surface area contributed by atoms with Gasteiger partial charge in [-0.15, -0.1) is 10.2 Å². The van der Waals surface area contributed by atoms with Crippen LogP contribution < -0.4 is 0 Å². The topological polar surface area (TPSA) is 51.8 Å². The molecule has 0 aliphatic heterocycles. The highest BCUT2D eigenvalue weighted by Crippen LogP contribution is 2.27. The quantitative estimate of drug-likeness (QED) is 0.639. The lowest BCUT2D eigenvalue weighted by Crippen LogP contribution is -1.89. The molecule has 3 aromatic rings. The first-order valence-electron chi connectivity index (χ1n) is 5.38. The molecule has 2 aromatic heterocycles. The molecule has 0 amide bonds. The first-order chi connectivity index (χ1) is 8.24. The van der Waals surface area contributed by atoms with Gasteiger partial charge in [-0.25, -0.2) is 0 Å². The van der Waals surface area contributed by atoms with E-state index in [-0.39, 0.29) is 0 Å². The molecule has 0 saturated carbocycles. The maximum Gasteiger partial charge on any atom is 0.248 e. The monoisotopic (exact) mass is 225 g/mol. The summed E-state index contributed by atoms with van der Waals surface area (Å²) < 4.78 is 5.27. The van der Waals surface area contributed by atoms with Crippen LogP contribution in [0.25, 0.3) is 22.4 Å². The molecule has 4 heteroatoms. The van der Waals surface area contributed by atoms with E-state index >= 15 is 0 Å². The number of hydrogen-bond acceptors (Lipinski definition) is 4. The van der Waals surface area contributed by atoms with Crippen LogP contribution in [0.5, 0.6) is 0 Å². The third kappa shape index (κ3) is 1.67. The van der Waals surface area contributed by atoms with Gasteiger partial charge in [-0.05, 0) is 32.0 Å². The molecule has 0 bridgehead atoms. The van der Waals surface area contributed by atoms with E-state index in [1.807, 2.05) is 25.1 Å². The van der Waals surface area contributed by atoms with Gasteiger partial charge in [-0.1, -0.05) is 11.6 Å². The fourth-order valence-corrected chi connectivity index (χ4v) is 1.94. The van der Waals surface area contributed by atoms with Gasteiger partial charge in [0.15, 0.2) is 0 Å². The van der Waals surface area contributed by atoms with Gasteiger partial charge in [0.25, 0.3) is 0 Å². The van der Waals surface area contributed by atoms with Crippen molar-refractivity contribution in [2.75, 3.05) is 0 Å². The van der Waals surface area contributed by atoms with Gasteiger partial charge in [-0.3, -0.25) is 4.98 Å². The van der Waals surface area contributed by atoms with Crippen molar-refractivity contribution in [3.8, 4) is 11.5 Å².